The normalized spacial score (nSPS) is 15.1. The van der Waals surface area contributed by atoms with E-state index in [2.05, 4.69) is 0 Å². The summed E-state index contributed by atoms with van der Waals surface area (Å²) in [7, 11) is 0. The van der Waals surface area contributed by atoms with Crippen molar-refractivity contribution in [3.8, 4) is 11.5 Å². The van der Waals surface area contributed by atoms with Crippen LogP contribution in [0.1, 0.15) is 41.5 Å². The van der Waals surface area contributed by atoms with Gasteiger partial charge in [-0.1, -0.05) is 34.6 Å². The minimum atomic E-state index is -0.578. The predicted octanol–water partition coefficient (Wildman–Crippen LogP) is 4.01. The fourth-order valence-corrected chi connectivity index (χ4v) is 2.14. The standard InChI is InChI=1S/C16H24O3/c1-11(2)16(6,15(3,4)5)14(18)19-13-9-7-12(17)8-10-13/h7-11,17H,1-6H3. The van der Waals surface area contributed by atoms with E-state index in [1.165, 1.54) is 12.1 Å². The average molecular weight is 264 g/mol. The Balaban J connectivity index is 3.00. The van der Waals surface area contributed by atoms with Gasteiger partial charge in [0, 0.05) is 0 Å². The van der Waals surface area contributed by atoms with Crippen molar-refractivity contribution in [2.45, 2.75) is 41.5 Å². The van der Waals surface area contributed by atoms with Crippen LogP contribution in [0.2, 0.25) is 0 Å². The maximum atomic E-state index is 12.5. The van der Waals surface area contributed by atoms with Crippen LogP contribution in [0.25, 0.3) is 0 Å². The number of phenolic OH excluding ortho intramolecular Hbond substituents is 1. The molecule has 1 aromatic carbocycles. The van der Waals surface area contributed by atoms with E-state index in [9.17, 15) is 9.90 Å². The van der Waals surface area contributed by atoms with Crippen LogP contribution < -0.4 is 4.74 Å². The quantitative estimate of drug-likeness (QED) is 0.663. The van der Waals surface area contributed by atoms with Gasteiger partial charge in [-0.15, -0.1) is 0 Å². The Bertz CT molecular complexity index is 440. The Morgan fingerprint density at radius 2 is 1.58 bits per heavy atom. The van der Waals surface area contributed by atoms with Crippen LogP contribution in [0.3, 0.4) is 0 Å². The van der Waals surface area contributed by atoms with Gasteiger partial charge in [0.25, 0.3) is 0 Å². The van der Waals surface area contributed by atoms with E-state index in [0.29, 0.717) is 5.75 Å². The zero-order chi connectivity index (χ0) is 14.8. The third-order valence-electron chi connectivity index (χ3n) is 4.18. The number of carbonyl (C=O) groups is 1. The first-order valence-corrected chi connectivity index (χ1v) is 6.60. The molecule has 1 aromatic rings. The predicted molar refractivity (Wildman–Crippen MR) is 76.1 cm³/mol. The van der Waals surface area contributed by atoms with E-state index in [4.69, 9.17) is 4.74 Å². The number of benzene rings is 1. The third kappa shape index (κ3) is 3.09. The maximum Gasteiger partial charge on any atom is 0.317 e. The van der Waals surface area contributed by atoms with Crippen LogP contribution in [-0.2, 0) is 4.79 Å². The molecule has 0 spiro atoms. The summed E-state index contributed by atoms with van der Waals surface area (Å²) >= 11 is 0. The van der Waals surface area contributed by atoms with Gasteiger partial charge in [-0.05, 0) is 42.5 Å². The van der Waals surface area contributed by atoms with Crippen LogP contribution >= 0.6 is 0 Å². The molecular formula is C16H24O3. The van der Waals surface area contributed by atoms with Gasteiger partial charge < -0.3 is 9.84 Å². The first-order valence-electron chi connectivity index (χ1n) is 6.60. The van der Waals surface area contributed by atoms with Crippen LogP contribution in [0.4, 0.5) is 0 Å². The van der Waals surface area contributed by atoms with E-state index in [0.717, 1.165) is 0 Å². The lowest BCUT2D eigenvalue weighted by Gasteiger charge is -2.42. The highest BCUT2D eigenvalue weighted by atomic mass is 16.5. The van der Waals surface area contributed by atoms with Crippen molar-refractivity contribution in [3.63, 3.8) is 0 Å². The van der Waals surface area contributed by atoms with Gasteiger partial charge in [-0.3, -0.25) is 4.79 Å². The fourth-order valence-electron chi connectivity index (χ4n) is 2.14. The Labute approximate surface area is 115 Å². The molecule has 0 saturated carbocycles. The molecule has 0 heterocycles. The van der Waals surface area contributed by atoms with Crippen molar-refractivity contribution in [2.24, 2.45) is 16.7 Å². The summed E-state index contributed by atoms with van der Waals surface area (Å²) < 4.78 is 5.47. The van der Waals surface area contributed by atoms with Crippen molar-refractivity contribution >= 4 is 5.97 Å². The number of rotatable bonds is 3. The number of hydrogen-bond donors (Lipinski definition) is 1. The van der Waals surface area contributed by atoms with Crippen LogP contribution in [0, 0.1) is 16.7 Å². The van der Waals surface area contributed by atoms with E-state index in [-0.39, 0.29) is 23.1 Å². The van der Waals surface area contributed by atoms with Crippen molar-refractivity contribution < 1.29 is 14.6 Å². The molecule has 0 amide bonds. The lowest BCUT2D eigenvalue weighted by molar-refractivity contribution is -0.155. The summed E-state index contributed by atoms with van der Waals surface area (Å²) in [5, 5.41) is 9.23. The number of phenols is 1. The summed E-state index contributed by atoms with van der Waals surface area (Å²) in [4.78, 5) is 12.5. The molecule has 0 aromatic heterocycles. The summed E-state index contributed by atoms with van der Waals surface area (Å²) in [6.45, 7) is 12.1. The van der Waals surface area contributed by atoms with E-state index >= 15 is 0 Å². The Hall–Kier alpha value is -1.51. The minimum Gasteiger partial charge on any atom is -0.508 e. The Morgan fingerprint density at radius 3 is 1.95 bits per heavy atom. The third-order valence-corrected chi connectivity index (χ3v) is 4.18. The number of aromatic hydroxyl groups is 1. The van der Waals surface area contributed by atoms with E-state index in [1.54, 1.807) is 12.1 Å². The maximum absolute atomic E-state index is 12.5. The molecule has 1 rings (SSSR count). The fraction of sp³-hybridized carbons (Fsp3) is 0.562. The first-order chi connectivity index (χ1) is 8.59. The second-order valence-corrected chi connectivity index (χ2v) is 6.49. The zero-order valence-corrected chi connectivity index (χ0v) is 12.7. The van der Waals surface area contributed by atoms with Crippen molar-refractivity contribution in [1.82, 2.24) is 0 Å². The van der Waals surface area contributed by atoms with Crippen molar-refractivity contribution in [3.05, 3.63) is 24.3 Å². The van der Waals surface area contributed by atoms with Crippen LogP contribution in [0.15, 0.2) is 24.3 Å². The summed E-state index contributed by atoms with van der Waals surface area (Å²) in [5.74, 6) is 0.541. The molecule has 0 fully saturated rings. The Kier molecular flexibility index (Phi) is 4.28. The largest absolute Gasteiger partial charge is 0.508 e. The molecule has 0 aliphatic heterocycles. The molecule has 1 unspecified atom stereocenters. The van der Waals surface area contributed by atoms with Crippen LogP contribution in [-0.4, -0.2) is 11.1 Å². The van der Waals surface area contributed by atoms with Gasteiger partial charge in [0.15, 0.2) is 0 Å². The lowest BCUT2D eigenvalue weighted by Crippen LogP contribution is -2.46. The molecular weight excluding hydrogens is 240 g/mol. The van der Waals surface area contributed by atoms with Gasteiger partial charge >= 0.3 is 5.97 Å². The first kappa shape index (κ1) is 15.5. The molecule has 1 N–H and O–H groups in total. The monoisotopic (exact) mass is 264 g/mol. The highest BCUT2D eigenvalue weighted by molar-refractivity contribution is 5.80. The van der Waals surface area contributed by atoms with E-state index in [1.807, 2.05) is 41.5 Å². The molecule has 0 radical (unpaired) electrons. The highest BCUT2D eigenvalue weighted by Gasteiger charge is 2.48. The molecule has 3 nitrogen and oxygen atoms in total. The van der Waals surface area contributed by atoms with Gasteiger partial charge in [0.05, 0.1) is 5.41 Å². The SMILES string of the molecule is CC(C)C(C)(C(=O)Oc1ccc(O)cc1)C(C)(C)C. The number of carbonyl (C=O) groups excluding carboxylic acids is 1. The topological polar surface area (TPSA) is 46.5 Å². The van der Waals surface area contributed by atoms with Gasteiger partial charge in [0.2, 0.25) is 0 Å². The second kappa shape index (κ2) is 5.24. The molecule has 106 valence electrons. The number of ether oxygens (including phenoxy) is 1. The molecule has 0 bridgehead atoms. The molecule has 0 aliphatic carbocycles. The van der Waals surface area contributed by atoms with Gasteiger partial charge in [0.1, 0.15) is 11.5 Å². The van der Waals surface area contributed by atoms with Gasteiger partial charge in [-0.2, -0.15) is 0 Å². The second-order valence-electron chi connectivity index (χ2n) is 6.49. The van der Waals surface area contributed by atoms with Crippen LogP contribution in [0.5, 0.6) is 11.5 Å². The molecule has 0 aliphatic rings. The number of esters is 1. The zero-order valence-electron chi connectivity index (χ0n) is 12.7. The molecule has 19 heavy (non-hydrogen) atoms. The highest BCUT2D eigenvalue weighted by Crippen LogP contribution is 2.45. The minimum absolute atomic E-state index is 0.155. The summed E-state index contributed by atoms with van der Waals surface area (Å²) in [5.41, 5.74) is -0.778. The lowest BCUT2D eigenvalue weighted by atomic mass is 9.62. The summed E-state index contributed by atoms with van der Waals surface area (Å²) in [6, 6.07) is 6.20. The Morgan fingerprint density at radius 1 is 1.11 bits per heavy atom. The summed E-state index contributed by atoms with van der Waals surface area (Å²) in [6.07, 6.45) is 0. The van der Waals surface area contributed by atoms with Gasteiger partial charge in [-0.25, -0.2) is 0 Å². The molecule has 0 saturated heterocycles. The van der Waals surface area contributed by atoms with Crippen molar-refractivity contribution in [1.29, 1.82) is 0 Å². The molecule has 3 heteroatoms. The number of hydrogen-bond acceptors (Lipinski definition) is 3. The smallest absolute Gasteiger partial charge is 0.317 e. The molecule has 1 atom stereocenters. The average Bonchev–Trinajstić information content (AvgIpc) is 2.29. The van der Waals surface area contributed by atoms with E-state index < -0.39 is 5.41 Å². The van der Waals surface area contributed by atoms with Crippen molar-refractivity contribution in [2.75, 3.05) is 0 Å².